The van der Waals surface area contributed by atoms with Gasteiger partial charge in [-0.1, -0.05) is 53.0 Å². The van der Waals surface area contributed by atoms with Crippen molar-refractivity contribution in [1.82, 2.24) is 15.2 Å². The van der Waals surface area contributed by atoms with Crippen LogP contribution in [-0.2, 0) is 6.54 Å². The lowest BCUT2D eigenvalue weighted by Gasteiger charge is -2.09. The maximum atomic E-state index is 6.13. The van der Waals surface area contributed by atoms with E-state index in [4.69, 9.17) is 23.2 Å². The summed E-state index contributed by atoms with van der Waals surface area (Å²) in [5.41, 5.74) is 3.06. The van der Waals surface area contributed by atoms with Crippen molar-refractivity contribution in [2.24, 2.45) is 0 Å². The standard InChI is InChI=1S/C17H15Cl2N5/c1-11-2-4-12(5-3-11)9-20-16-10-21-24-17(23-16)22-15-7-6-13(18)8-14(15)19/h2-8,10H,9H2,1H3,(H2,20,22,23,24). The summed E-state index contributed by atoms with van der Waals surface area (Å²) < 4.78 is 0. The molecule has 122 valence electrons. The van der Waals surface area contributed by atoms with Gasteiger partial charge >= 0.3 is 0 Å². The van der Waals surface area contributed by atoms with Crippen molar-refractivity contribution in [3.05, 3.63) is 69.8 Å². The van der Waals surface area contributed by atoms with E-state index >= 15 is 0 Å². The highest BCUT2D eigenvalue weighted by atomic mass is 35.5. The second-order valence-electron chi connectivity index (χ2n) is 5.25. The van der Waals surface area contributed by atoms with E-state index in [1.807, 2.05) is 0 Å². The van der Waals surface area contributed by atoms with Crippen molar-refractivity contribution in [3.63, 3.8) is 0 Å². The van der Waals surface area contributed by atoms with E-state index in [1.165, 1.54) is 5.56 Å². The molecule has 0 saturated carbocycles. The van der Waals surface area contributed by atoms with Gasteiger partial charge in [0.15, 0.2) is 5.82 Å². The van der Waals surface area contributed by atoms with Gasteiger partial charge < -0.3 is 10.6 Å². The Morgan fingerprint density at radius 2 is 1.83 bits per heavy atom. The van der Waals surface area contributed by atoms with Crippen LogP contribution in [0.2, 0.25) is 10.0 Å². The van der Waals surface area contributed by atoms with Crippen LogP contribution in [0.3, 0.4) is 0 Å². The number of anilines is 3. The van der Waals surface area contributed by atoms with Gasteiger partial charge in [0, 0.05) is 11.6 Å². The van der Waals surface area contributed by atoms with E-state index in [0.717, 1.165) is 5.56 Å². The lowest BCUT2D eigenvalue weighted by molar-refractivity contribution is 0.966. The van der Waals surface area contributed by atoms with Crippen LogP contribution in [0.4, 0.5) is 17.5 Å². The number of hydrogen-bond donors (Lipinski definition) is 2. The topological polar surface area (TPSA) is 62.7 Å². The molecule has 0 fully saturated rings. The fourth-order valence-corrected chi connectivity index (χ4v) is 2.51. The molecule has 2 N–H and O–H groups in total. The van der Waals surface area contributed by atoms with Crippen molar-refractivity contribution in [3.8, 4) is 0 Å². The minimum absolute atomic E-state index is 0.355. The summed E-state index contributed by atoms with van der Waals surface area (Å²) in [7, 11) is 0. The van der Waals surface area contributed by atoms with E-state index in [-0.39, 0.29) is 0 Å². The molecule has 0 aliphatic carbocycles. The normalized spacial score (nSPS) is 10.5. The van der Waals surface area contributed by atoms with Gasteiger partial charge in [-0.2, -0.15) is 10.1 Å². The number of benzene rings is 2. The lowest BCUT2D eigenvalue weighted by Crippen LogP contribution is -2.05. The van der Waals surface area contributed by atoms with Crippen molar-refractivity contribution in [1.29, 1.82) is 0 Å². The van der Waals surface area contributed by atoms with Crippen LogP contribution in [0, 0.1) is 6.92 Å². The van der Waals surface area contributed by atoms with Gasteiger partial charge in [-0.15, -0.1) is 5.10 Å². The second kappa shape index (κ2) is 7.47. The van der Waals surface area contributed by atoms with Crippen molar-refractivity contribution in [2.45, 2.75) is 13.5 Å². The Labute approximate surface area is 150 Å². The molecule has 0 atom stereocenters. The zero-order chi connectivity index (χ0) is 16.9. The Balaban J connectivity index is 1.68. The van der Waals surface area contributed by atoms with Gasteiger partial charge in [0.1, 0.15) is 0 Å². The first-order chi connectivity index (χ1) is 11.6. The highest BCUT2D eigenvalue weighted by Gasteiger charge is 2.05. The average molecular weight is 360 g/mol. The molecule has 1 heterocycles. The molecule has 0 aliphatic rings. The molecule has 0 aliphatic heterocycles. The number of nitrogens with zero attached hydrogens (tertiary/aromatic N) is 3. The van der Waals surface area contributed by atoms with Crippen molar-refractivity contribution in [2.75, 3.05) is 10.6 Å². The summed E-state index contributed by atoms with van der Waals surface area (Å²) in [6, 6.07) is 13.4. The van der Waals surface area contributed by atoms with E-state index in [1.54, 1.807) is 24.4 Å². The van der Waals surface area contributed by atoms with Crippen molar-refractivity contribution >= 4 is 40.7 Å². The minimum atomic E-state index is 0.355. The first kappa shape index (κ1) is 16.5. The molecule has 0 unspecified atom stereocenters. The maximum absolute atomic E-state index is 6.13. The van der Waals surface area contributed by atoms with E-state index < -0.39 is 0 Å². The third-order valence-electron chi connectivity index (χ3n) is 3.33. The molecule has 0 amide bonds. The molecule has 24 heavy (non-hydrogen) atoms. The monoisotopic (exact) mass is 359 g/mol. The first-order valence-corrected chi connectivity index (χ1v) is 8.07. The highest BCUT2D eigenvalue weighted by Crippen LogP contribution is 2.27. The molecule has 0 bridgehead atoms. The SMILES string of the molecule is Cc1ccc(CNc2cnnc(Nc3ccc(Cl)cc3Cl)n2)cc1. The zero-order valence-electron chi connectivity index (χ0n) is 12.9. The largest absolute Gasteiger partial charge is 0.365 e. The third kappa shape index (κ3) is 4.34. The molecule has 1 aromatic heterocycles. The van der Waals surface area contributed by atoms with Crippen LogP contribution in [0.5, 0.6) is 0 Å². The molecule has 0 saturated heterocycles. The molecule has 0 spiro atoms. The summed E-state index contributed by atoms with van der Waals surface area (Å²) in [6.45, 7) is 2.71. The summed E-state index contributed by atoms with van der Waals surface area (Å²) in [5.74, 6) is 0.978. The molecule has 2 aromatic carbocycles. The maximum Gasteiger partial charge on any atom is 0.249 e. The second-order valence-corrected chi connectivity index (χ2v) is 6.10. The van der Waals surface area contributed by atoms with E-state index in [9.17, 15) is 0 Å². The van der Waals surface area contributed by atoms with Gasteiger partial charge in [-0.3, -0.25) is 0 Å². The molecular formula is C17H15Cl2N5. The van der Waals surface area contributed by atoms with Crippen LogP contribution in [0.1, 0.15) is 11.1 Å². The lowest BCUT2D eigenvalue weighted by atomic mass is 10.1. The third-order valence-corrected chi connectivity index (χ3v) is 3.88. The number of aryl methyl sites for hydroxylation is 1. The average Bonchev–Trinajstić information content (AvgIpc) is 2.57. The molecule has 0 radical (unpaired) electrons. The van der Waals surface area contributed by atoms with Crippen LogP contribution in [0.25, 0.3) is 0 Å². The van der Waals surface area contributed by atoms with Crippen LogP contribution in [0.15, 0.2) is 48.7 Å². The van der Waals surface area contributed by atoms with Gasteiger partial charge in [0.25, 0.3) is 0 Å². The van der Waals surface area contributed by atoms with Crippen LogP contribution >= 0.6 is 23.2 Å². The number of hydrogen-bond acceptors (Lipinski definition) is 5. The Bertz CT molecular complexity index is 837. The summed E-state index contributed by atoms with van der Waals surface area (Å²) >= 11 is 12.0. The Morgan fingerprint density at radius 1 is 1.04 bits per heavy atom. The Morgan fingerprint density at radius 3 is 2.58 bits per heavy atom. The summed E-state index contributed by atoms with van der Waals surface area (Å²) in [5, 5.41) is 15.2. The van der Waals surface area contributed by atoms with E-state index in [0.29, 0.717) is 34.0 Å². The van der Waals surface area contributed by atoms with Gasteiger partial charge in [0.2, 0.25) is 5.95 Å². The zero-order valence-corrected chi connectivity index (χ0v) is 14.4. The Kier molecular flexibility index (Phi) is 5.13. The van der Waals surface area contributed by atoms with Gasteiger partial charge in [-0.25, -0.2) is 0 Å². The number of nitrogens with one attached hydrogen (secondary N) is 2. The fraction of sp³-hybridized carbons (Fsp3) is 0.118. The molecule has 5 nitrogen and oxygen atoms in total. The van der Waals surface area contributed by atoms with Gasteiger partial charge in [-0.05, 0) is 30.7 Å². The highest BCUT2D eigenvalue weighted by molar-refractivity contribution is 6.36. The number of halogens is 2. The molecule has 3 rings (SSSR count). The molecular weight excluding hydrogens is 345 g/mol. The van der Waals surface area contributed by atoms with Crippen LogP contribution in [-0.4, -0.2) is 15.2 Å². The molecule has 3 aromatic rings. The van der Waals surface area contributed by atoms with E-state index in [2.05, 4.69) is 57.0 Å². The smallest absolute Gasteiger partial charge is 0.249 e. The Hall–Kier alpha value is -2.37. The minimum Gasteiger partial charge on any atom is -0.365 e. The van der Waals surface area contributed by atoms with Crippen molar-refractivity contribution < 1.29 is 0 Å². The number of rotatable bonds is 5. The summed E-state index contributed by atoms with van der Waals surface area (Å²) in [6.07, 6.45) is 1.57. The predicted octanol–water partition coefficient (Wildman–Crippen LogP) is 4.84. The fourth-order valence-electron chi connectivity index (χ4n) is 2.05. The number of aromatic nitrogens is 3. The first-order valence-electron chi connectivity index (χ1n) is 7.31. The quantitative estimate of drug-likeness (QED) is 0.682. The van der Waals surface area contributed by atoms with Gasteiger partial charge in [0.05, 0.1) is 16.9 Å². The molecule has 7 heteroatoms. The van der Waals surface area contributed by atoms with Crippen LogP contribution < -0.4 is 10.6 Å². The summed E-state index contributed by atoms with van der Waals surface area (Å²) in [4.78, 5) is 4.38. The predicted molar refractivity (Wildman–Crippen MR) is 98.1 cm³/mol.